The molecule has 0 bridgehead atoms. The maximum Gasteiger partial charge on any atom is 0.222 e. The van der Waals surface area contributed by atoms with Crippen molar-refractivity contribution in [1.82, 2.24) is 15.1 Å². The van der Waals surface area contributed by atoms with Crippen LogP contribution in [0.5, 0.6) is 11.6 Å². The normalized spacial score (nSPS) is 14.5. The molecule has 112 valence electrons. The number of aryl methyl sites for hydroxylation is 2. The summed E-state index contributed by atoms with van der Waals surface area (Å²) in [7, 11) is 1.88. The third kappa shape index (κ3) is 3.34. The number of halogens is 2. The molecule has 1 N–H and O–H groups in total. The van der Waals surface area contributed by atoms with Crippen LogP contribution in [-0.2, 0) is 13.6 Å². The maximum absolute atomic E-state index is 6.03. The quantitative estimate of drug-likeness (QED) is 0.900. The first-order valence-corrected chi connectivity index (χ1v) is 7.69. The van der Waals surface area contributed by atoms with E-state index in [1.165, 1.54) is 12.8 Å². The number of rotatable bonds is 5. The molecule has 21 heavy (non-hydrogen) atoms. The van der Waals surface area contributed by atoms with E-state index in [-0.39, 0.29) is 0 Å². The van der Waals surface area contributed by atoms with Gasteiger partial charge in [-0.1, -0.05) is 23.2 Å². The second-order valence-corrected chi connectivity index (χ2v) is 6.14. The molecule has 0 aliphatic heterocycles. The average molecular weight is 326 g/mol. The van der Waals surface area contributed by atoms with Crippen LogP contribution in [0.15, 0.2) is 18.2 Å². The highest BCUT2D eigenvalue weighted by molar-refractivity contribution is 6.42. The highest BCUT2D eigenvalue weighted by Gasteiger charge is 2.23. The van der Waals surface area contributed by atoms with Gasteiger partial charge in [-0.15, -0.1) is 0 Å². The van der Waals surface area contributed by atoms with Crippen molar-refractivity contribution < 1.29 is 4.74 Å². The molecule has 1 aliphatic rings. The van der Waals surface area contributed by atoms with Crippen molar-refractivity contribution in [3.63, 3.8) is 0 Å². The van der Waals surface area contributed by atoms with Gasteiger partial charge in [-0.3, -0.25) is 0 Å². The van der Waals surface area contributed by atoms with Gasteiger partial charge in [0.2, 0.25) is 5.88 Å². The van der Waals surface area contributed by atoms with Crippen molar-refractivity contribution in [2.45, 2.75) is 32.4 Å². The van der Waals surface area contributed by atoms with Crippen molar-refractivity contribution in [2.75, 3.05) is 0 Å². The van der Waals surface area contributed by atoms with Crippen LogP contribution in [-0.4, -0.2) is 15.8 Å². The lowest BCUT2D eigenvalue weighted by atomic mass is 10.2. The Hall–Kier alpha value is -1.23. The lowest BCUT2D eigenvalue weighted by Crippen LogP contribution is -2.16. The van der Waals surface area contributed by atoms with Gasteiger partial charge in [0.15, 0.2) is 0 Å². The van der Waals surface area contributed by atoms with Crippen LogP contribution in [0.25, 0.3) is 0 Å². The summed E-state index contributed by atoms with van der Waals surface area (Å²) < 4.78 is 7.72. The Kier molecular flexibility index (Phi) is 4.11. The molecule has 2 aromatic rings. The molecule has 0 radical (unpaired) electrons. The minimum absolute atomic E-state index is 0.478. The van der Waals surface area contributed by atoms with Crippen LogP contribution in [0.3, 0.4) is 0 Å². The summed E-state index contributed by atoms with van der Waals surface area (Å²) in [5.41, 5.74) is 2.05. The third-order valence-corrected chi connectivity index (χ3v) is 4.28. The predicted octanol–water partition coefficient (Wildman–Crippen LogP) is 4.08. The molecule has 1 aliphatic carbocycles. The van der Waals surface area contributed by atoms with Crippen LogP contribution < -0.4 is 10.1 Å². The van der Waals surface area contributed by atoms with Crippen LogP contribution in [0.1, 0.15) is 24.1 Å². The number of hydrogen-bond acceptors (Lipinski definition) is 3. The van der Waals surface area contributed by atoms with Gasteiger partial charge < -0.3 is 10.1 Å². The predicted molar refractivity (Wildman–Crippen MR) is 84.3 cm³/mol. The molecule has 0 spiro atoms. The molecule has 1 aromatic carbocycles. The van der Waals surface area contributed by atoms with Crippen LogP contribution in [0.4, 0.5) is 0 Å². The Morgan fingerprint density at radius 1 is 1.33 bits per heavy atom. The van der Waals surface area contributed by atoms with Crippen molar-refractivity contribution in [2.24, 2.45) is 7.05 Å². The molecule has 0 amide bonds. The highest BCUT2D eigenvalue weighted by Crippen LogP contribution is 2.32. The molecule has 1 saturated carbocycles. The van der Waals surface area contributed by atoms with E-state index in [4.69, 9.17) is 27.9 Å². The van der Waals surface area contributed by atoms with Crippen molar-refractivity contribution in [3.8, 4) is 11.6 Å². The summed E-state index contributed by atoms with van der Waals surface area (Å²) in [6.45, 7) is 2.76. The highest BCUT2D eigenvalue weighted by atomic mass is 35.5. The number of aromatic nitrogens is 2. The Morgan fingerprint density at radius 2 is 2.10 bits per heavy atom. The van der Waals surface area contributed by atoms with Crippen molar-refractivity contribution >= 4 is 23.2 Å². The van der Waals surface area contributed by atoms with Crippen LogP contribution in [0.2, 0.25) is 10.0 Å². The molecule has 0 saturated heterocycles. The summed E-state index contributed by atoms with van der Waals surface area (Å²) in [5, 5.41) is 8.92. The second kappa shape index (κ2) is 5.87. The monoisotopic (exact) mass is 325 g/mol. The van der Waals surface area contributed by atoms with E-state index in [2.05, 4.69) is 10.4 Å². The standard InChI is InChI=1S/C15H17Cl2N3O/c1-9-12(8-18-10-3-4-10)15(20(2)19-9)21-11-5-6-13(16)14(17)7-11/h5-7,10,18H,3-4,8H2,1-2H3. The Bertz CT molecular complexity index is 665. The minimum atomic E-state index is 0.478. The first-order valence-electron chi connectivity index (χ1n) is 6.93. The summed E-state index contributed by atoms with van der Waals surface area (Å²) in [6.07, 6.45) is 2.50. The zero-order valence-electron chi connectivity index (χ0n) is 12.0. The molecule has 1 heterocycles. The zero-order valence-corrected chi connectivity index (χ0v) is 13.5. The van der Waals surface area contributed by atoms with E-state index in [9.17, 15) is 0 Å². The molecule has 4 nitrogen and oxygen atoms in total. The van der Waals surface area contributed by atoms with Crippen molar-refractivity contribution in [1.29, 1.82) is 0 Å². The van der Waals surface area contributed by atoms with Crippen molar-refractivity contribution in [3.05, 3.63) is 39.5 Å². The number of benzene rings is 1. The molecular weight excluding hydrogens is 309 g/mol. The number of ether oxygens (including phenoxy) is 1. The summed E-state index contributed by atoms with van der Waals surface area (Å²) in [4.78, 5) is 0. The van der Waals surface area contributed by atoms with E-state index < -0.39 is 0 Å². The fourth-order valence-electron chi connectivity index (χ4n) is 2.20. The van der Waals surface area contributed by atoms with E-state index in [1.807, 2.05) is 14.0 Å². The molecule has 3 rings (SSSR count). The summed E-state index contributed by atoms with van der Waals surface area (Å²) in [5.74, 6) is 1.39. The summed E-state index contributed by atoms with van der Waals surface area (Å²) >= 11 is 12.0. The van der Waals surface area contributed by atoms with E-state index in [0.717, 1.165) is 23.7 Å². The first-order chi connectivity index (χ1) is 10.0. The van der Waals surface area contributed by atoms with Gasteiger partial charge in [0.1, 0.15) is 5.75 Å². The van der Waals surface area contributed by atoms with Gasteiger partial charge in [0.05, 0.1) is 21.3 Å². The van der Waals surface area contributed by atoms with Gasteiger partial charge in [0, 0.05) is 25.7 Å². The lowest BCUT2D eigenvalue weighted by molar-refractivity contribution is 0.424. The fourth-order valence-corrected chi connectivity index (χ4v) is 2.49. The smallest absolute Gasteiger partial charge is 0.222 e. The SMILES string of the molecule is Cc1nn(C)c(Oc2ccc(Cl)c(Cl)c2)c1CNC1CC1. The van der Waals surface area contributed by atoms with Gasteiger partial charge in [-0.05, 0) is 31.9 Å². The van der Waals surface area contributed by atoms with E-state index >= 15 is 0 Å². The van der Waals surface area contributed by atoms with E-state index in [0.29, 0.717) is 21.8 Å². The van der Waals surface area contributed by atoms with Gasteiger partial charge in [-0.2, -0.15) is 5.10 Å². The van der Waals surface area contributed by atoms with Gasteiger partial charge in [-0.25, -0.2) is 4.68 Å². The summed E-state index contributed by atoms with van der Waals surface area (Å²) in [6, 6.07) is 5.88. The third-order valence-electron chi connectivity index (χ3n) is 3.54. The minimum Gasteiger partial charge on any atom is -0.439 e. The first kappa shape index (κ1) is 14.7. The lowest BCUT2D eigenvalue weighted by Gasteiger charge is -2.10. The Balaban J connectivity index is 1.84. The Morgan fingerprint density at radius 3 is 2.76 bits per heavy atom. The second-order valence-electron chi connectivity index (χ2n) is 5.33. The largest absolute Gasteiger partial charge is 0.439 e. The maximum atomic E-state index is 6.03. The van der Waals surface area contributed by atoms with E-state index in [1.54, 1.807) is 22.9 Å². The number of nitrogens with one attached hydrogen (secondary N) is 1. The van der Waals surface area contributed by atoms with Crippen LogP contribution in [0, 0.1) is 6.92 Å². The average Bonchev–Trinajstić information content (AvgIpc) is 3.21. The number of nitrogens with zero attached hydrogens (tertiary/aromatic N) is 2. The number of hydrogen-bond donors (Lipinski definition) is 1. The molecule has 1 aromatic heterocycles. The topological polar surface area (TPSA) is 39.1 Å². The molecule has 6 heteroatoms. The van der Waals surface area contributed by atoms with Gasteiger partial charge in [0.25, 0.3) is 0 Å². The molecule has 0 atom stereocenters. The zero-order chi connectivity index (χ0) is 15.0. The molecule has 0 unspecified atom stereocenters. The Labute approximate surface area is 134 Å². The van der Waals surface area contributed by atoms with Crippen LogP contribution >= 0.6 is 23.2 Å². The fraction of sp³-hybridized carbons (Fsp3) is 0.400. The van der Waals surface area contributed by atoms with Gasteiger partial charge >= 0.3 is 0 Å². The molecular formula is C15H17Cl2N3O. The molecule has 1 fully saturated rings.